The Balaban J connectivity index is 1.42. The number of ether oxygens (including phenoxy) is 1. The number of aliphatic hydroxyl groups is 1. The van der Waals surface area contributed by atoms with E-state index in [2.05, 4.69) is 19.9 Å². The lowest BCUT2D eigenvalue weighted by Gasteiger charge is -2.41. The molecule has 8 nitrogen and oxygen atoms in total. The van der Waals surface area contributed by atoms with Crippen LogP contribution in [0.25, 0.3) is 32.2 Å². The van der Waals surface area contributed by atoms with E-state index in [0.29, 0.717) is 12.8 Å². The van der Waals surface area contributed by atoms with Crippen LogP contribution in [0.4, 0.5) is 32.9 Å². The van der Waals surface area contributed by atoms with Gasteiger partial charge in [0.25, 0.3) is 0 Å². The summed E-state index contributed by atoms with van der Waals surface area (Å²) in [7, 11) is 1.69. The van der Waals surface area contributed by atoms with Gasteiger partial charge in [-0.15, -0.1) is 0 Å². The van der Waals surface area contributed by atoms with Gasteiger partial charge in [0.05, 0.1) is 21.3 Å². The van der Waals surface area contributed by atoms with E-state index in [0.717, 1.165) is 68.3 Å². The molecule has 2 saturated heterocycles. The number of thiazole rings is 1. The lowest BCUT2D eigenvalue weighted by molar-refractivity contribution is -0.137. The second kappa shape index (κ2) is 10.6. The van der Waals surface area contributed by atoms with Crippen LogP contribution < -0.4 is 15.4 Å². The summed E-state index contributed by atoms with van der Waals surface area (Å²) in [4.78, 5) is 17.1. The van der Waals surface area contributed by atoms with Crippen LogP contribution in [0.2, 0.25) is 0 Å². The number of aromatic nitrogens is 3. The molecule has 3 aliphatic rings. The molecule has 0 amide bonds. The Morgan fingerprint density at radius 3 is 2.52 bits per heavy atom. The number of hydrogen-bond acceptors (Lipinski definition) is 9. The Labute approximate surface area is 253 Å². The van der Waals surface area contributed by atoms with Crippen LogP contribution in [0, 0.1) is 17.6 Å². The minimum atomic E-state index is -4.98. The van der Waals surface area contributed by atoms with Gasteiger partial charge in [0, 0.05) is 36.2 Å². The van der Waals surface area contributed by atoms with E-state index in [9.17, 15) is 22.7 Å². The molecule has 4 aromatic rings. The number of rotatable bonds is 7. The third kappa shape index (κ3) is 4.72. The van der Waals surface area contributed by atoms with Crippen molar-refractivity contribution in [1.29, 1.82) is 0 Å². The Kier molecular flexibility index (Phi) is 7.09. The predicted molar refractivity (Wildman–Crippen MR) is 158 cm³/mol. The summed E-state index contributed by atoms with van der Waals surface area (Å²) in [5, 5.41) is 9.35. The number of anilines is 2. The minimum absolute atomic E-state index is 0.00525. The number of aliphatic hydroxyl groups excluding tert-OH is 1. The smallest absolute Gasteiger partial charge is 0.417 e. The minimum Gasteiger partial charge on any atom is -0.461 e. The van der Waals surface area contributed by atoms with Crippen molar-refractivity contribution in [3.63, 3.8) is 0 Å². The summed E-state index contributed by atoms with van der Waals surface area (Å²) in [5.74, 6) is -1.78. The standard InChI is InChI=1S/C30H31F5N6O2S/c1-40(16-10-15(11-16)13-42)26-18-12-19(30(33,34)35)21(17-4-5-20(31)25-24(17)37-27(36)44-25)22(32)23(18)38-28(39-26)43-14-29-6-2-8-41(29)9-3-7-29/h4-5,12,15-16,42H,2-3,6-11,13-14H2,1H3,(H2,36,37). The van der Waals surface area contributed by atoms with Crippen molar-refractivity contribution < 1.29 is 31.8 Å². The van der Waals surface area contributed by atoms with E-state index in [1.165, 1.54) is 0 Å². The lowest BCUT2D eigenvalue weighted by Crippen LogP contribution is -2.44. The van der Waals surface area contributed by atoms with Crippen LogP contribution in [0.3, 0.4) is 0 Å². The fourth-order valence-electron chi connectivity index (χ4n) is 7.20. The second-order valence-electron chi connectivity index (χ2n) is 12.2. The molecule has 0 radical (unpaired) electrons. The molecule has 14 heteroatoms. The highest BCUT2D eigenvalue weighted by Crippen LogP contribution is 2.47. The second-order valence-corrected chi connectivity index (χ2v) is 13.2. The van der Waals surface area contributed by atoms with Crippen molar-refractivity contribution >= 4 is 43.4 Å². The fraction of sp³-hybridized carbons (Fsp3) is 0.500. The zero-order valence-corrected chi connectivity index (χ0v) is 24.7. The average molecular weight is 635 g/mol. The van der Waals surface area contributed by atoms with Crippen LogP contribution in [-0.2, 0) is 6.18 Å². The number of benzene rings is 2. The van der Waals surface area contributed by atoms with Crippen LogP contribution in [0.15, 0.2) is 18.2 Å². The molecule has 3 N–H and O–H groups in total. The molecule has 0 bridgehead atoms. The molecule has 1 aliphatic carbocycles. The van der Waals surface area contributed by atoms with Crippen molar-refractivity contribution in [1.82, 2.24) is 19.9 Å². The van der Waals surface area contributed by atoms with Gasteiger partial charge < -0.3 is 20.5 Å². The molecule has 44 heavy (non-hydrogen) atoms. The summed E-state index contributed by atoms with van der Waals surface area (Å²) in [6, 6.07) is 2.67. The molecule has 1 saturated carbocycles. The third-order valence-corrected chi connectivity index (χ3v) is 10.5. The summed E-state index contributed by atoms with van der Waals surface area (Å²) < 4.78 is 81.5. The molecule has 2 aliphatic heterocycles. The Morgan fingerprint density at radius 2 is 1.84 bits per heavy atom. The van der Waals surface area contributed by atoms with Gasteiger partial charge in [-0.05, 0) is 75.7 Å². The van der Waals surface area contributed by atoms with Gasteiger partial charge >= 0.3 is 12.2 Å². The summed E-state index contributed by atoms with van der Waals surface area (Å²) in [5.41, 5.74) is 2.82. The first-order chi connectivity index (χ1) is 21.0. The maximum Gasteiger partial charge on any atom is 0.417 e. The van der Waals surface area contributed by atoms with E-state index < -0.39 is 28.9 Å². The van der Waals surface area contributed by atoms with Crippen molar-refractivity contribution in [3.8, 4) is 17.1 Å². The normalized spacial score (nSPS) is 21.6. The average Bonchev–Trinajstić information content (AvgIpc) is 3.65. The van der Waals surface area contributed by atoms with Gasteiger partial charge in [0.1, 0.15) is 23.8 Å². The SMILES string of the molecule is CN(c1nc(OCC23CCCN2CCC3)nc2c(F)c(-c3ccc(F)c4sc(N)nc34)c(C(F)(F)F)cc12)C1CC(CO)C1. The topological polar surface area (TPSA) is 101 Å². The molecule has 4 heterocycles. The van der Waals surface area contributed by atoms with E-state index in [-0.39, 0.29) is 74.4 Å². The molecule has 7 rings (SSSR count). The summed E-state index contributed by atoms with van der Waals surface area (Å²) in [6.07, 6.45) is 0.204. The molecular formula is C30H31F5N6O2S. The molecule has 0 atom stereocenters. The van der Waals surface area contributed by atoms with E-state index in [1.54, 1.807) is 11.9 Å². The molecule has 3 fully saturated rings. The van der Waals surface area contributed by atoms with Gasteiger partial charge in [0.15, 0.2) is 10.9 Å². The first-order valence-corrected chi connectivity index (χ1v) is 15.5. The monoisotopic (exact) mass is 634 g/mol. The van der Waals surface area contributed by atoms with E-state index in [4.69, 9.17) is 10.5 Å². The first-order valence-electron chi connectivity index (χ1n) is 14.7. The molecule has 2 aromatic carbocycles. The Bertz CT molecular complexity index is 1750. The number of hydrogen-bond donors (Lipinski definition) is 2. The molecule has 0 unspecified atom stereocenters. The molecular weight excluding hydrogens is 603 g/mol. The van der Waals surface area contributed by atoms with Gasteiger partial charge in [-0.25, -0.2) is 13.8 Å². The first kappa shape index (κ1) is 29.4. The van der Waals surface area contributed by atoms with Gasteiger partial charge in [-0.1, -0.05) is 11.3 Å². The summed E-state index contributed by atoms with van der Waals surface area (Å²) >= 11 is 0.773. The van der Waals surface area contributed by atoms with Crippen LogP contribution in [-0.4, -0.2) is 69.9 Å². The maximum atomic E-state index is 16.7. The zero-order chi connectivity index (χ0) is 31.0. The van der Waals surface area contributed by atoms with Gasteiger partial charge in [-0.3, -0.25) is 4.90 Å². The van der Waals surface area contributed by atoms with Crippen LogP contribution >= 0.6 is 11.3 Å². The highest BCUT2D eigenvalue weighted by molar-refractivity contribution is 7.22. The van der Waals surface area contributed by atoms with Gasteiger partial charge in [0.2, 0.25) is 0 Å². The maximum absolute atomic E-state index is 16.7. The third-order valence-electron chi connectivity index (χ3n) is 9.61. The van der Waals surface area contributed by atoms with Crippen molar-refractivity contribution in [2.45, 2.75) is 56.3 Å². The Morgan fingerprint density at radius 1 is 1.11 bits per heavy atom. The number of nitrogen functional groups attached to an aromatic ring is 1. The molecule has 0 spiro atoms. The lowest BCUT2D eigenvalue weighted by atomic mass is 9.80. The number of nitrogens with zero attached hydrogens (tertiary/aromatic N) is 5. The largest absolute Gasteiger partial charge is 0.461 e. The number of nitrogens with two attached hydrogens (primary N) is 1. The van der Waals surface area contributed by atoms with Crippen molar-refractivity contribution in [2.24, 2.45) is 5.92 Å². The highest BCUT2D eigenvalue weighted by Gasteiger charge is 2.45. The number of halogens is 5. The summed E-state index contributed by atoms with van der Waals surface area (Å²) in [6.45, 7) is 2.22. The van der Waals surface area contributed by atoms with Crippen LogP contribution in [0.5, 0.6) is 6.01 Å². The van der Waals surface area contributed by atoms with E-state index in [1.807, 2.05) is 0 Å². The quantitative estimate of drug-likeness (QED) is 0.239. The number of fused-ring (bicyclic) bond motifs is 3. The fourth-order valence-corrected chi connectivity index (χ4v) is 7.97. The van der Waals surface area contributed by atoms with Gasteiger partial charge in [-0.2, -0.15) is 23.1 Å². The molecule has 2 aromatic heterocycles. The molecule has 234 valence electrons. The van der Waals surface area contributed by atoms with E-state index >= 15 is 4.39 Å². The van der Waals surface area contributed by atoms with Crippen molar-refractivity contribution in [2.75, 3.05) is 44.0 Å². The van der Waals surface area contributed by atoms with Crippen LogP contribution in [0.1, 0.15) is 44.1 Å². The zero-order valence-electron chi connectivity index (χ0n) is 23.9. The predicted octanol–water partition coefficient (Wildman–Crippen LogP) is 6.00. The van der Waals surface area contributed by atoms with Crippen molar-refractivity contribution in [3.05, 3.63) is 35.4 Å². The highest BCUT2D eigenvalue weighted by atomic mass is 32.1. The Hall–Kier alpha value is -3.36. The number of alkyl halides is 3.